The fourth-order valence-electron chi connectivity index (χ4n) is 2.65. The monoisotopic (exact) mass is 274 g/mol. The highest BCUT2D eigenvalue weighted by Gasteiger charge is 2.26. The molecule has 0 saturated carbocycles. The van der Waals surface area contributed by atoms with E-state index in [0.717, 1.165) is 30.6 Å². The van der Waals surface area contributed by atoms with Crippen LogP contribution < -0.4 is 11.1 Å². The number of nitrogens with one attached hydrogen (secondary N) is 1. The predicted octanol–water partition coefficient (Wildman–Crippen LogP) is 1.21. The van der Waals surface area contributed by atoms with Crippen molar-refractivity contribution in [2.24, 2.45) is 12.8 Å². The number of aryl methyl sites for hydroxylation is 2. The first-order chi connectivity index (χ1) is 9.65. The Morgan fingerprint density at radius 1 is 1.65 bits per heavy atom. The molecule has 6 heteroatoms. The first-order valence-corrected chi connectivity index (χ1v) is 6.76. The molecule has 0 aliphatic heterocycles. The van der Waals surface area contributed by atoms with Crippen LogP contribution in [0.25, 0.3) is 0 Å². The van der Waals surface area contributed by atoms with E-state index in [0.29, 0.717) is 5.56 Å². The molecule has 2 unspecified atom stereocenters. The first-order valence-electron chi connectivity index (χ1n) is 6.76. The van der Waals surface area contributed by atoms with E-state index < -0.39 is 6.04 Å². The van der Waals surface area contributed by atoms with Crippen LogP contribution in [0.3, 0.4) is 0 Å². The topological polar surface area (TPSA) is 86.1 Å². The van der Waals surface area contributed by atoms with Crippen LogP contribution in [0.1, 0.15) is 41.8 Å². The molecule has 3 N–H and O–H groups in total. The Morgan fingerprint density at radius 2 is 2.50 bits per heavy atom. The summed E-state index contributed by atoms with van der Waals surface area (Å²) in [7, 11) is 1.80. The summed E-state index contributed by atoms with van der Waals surface area (Å²) in [5, 5.41) is 7.04. The molecule has 0 fully saturated rings. The van der Waals surface area contributed by atoms with Crippen molar-refractivity contribution in [1.82, 2.24) is 15.1 Å². The Labute approximate surface area is 116 Å². The zero-order valence-electron chi connectivity index (χ0n) is 11.4. The molecule has 0 bridgehead atoms. The Kier molecular flexibility index (Phi) is 3.31. The molecule has 20 heavy (non-hydrogen) atoms. The highest BCUT2D eigenvalue weighted by Crippen LogP contribution is 2.30. The number of hydrogen-bond donors (Lipinski definition) is 2. The van der Waals surface area contributed by atoms with E-state index in [1.165, 1.54) is 0 Å². The SMILES string of the molecule is Cn1cc(C(N)C(=O)NC2CCCc3occc32)cn1. The van der Waals surface area contributed by atoms with Gasteiger partial charge < -0.3 is 15.5 Å². The Balaban J connectivity index is 1.71. The first kappa shape index (κ1) is 12.9. The highest BCUT2D eigenvalue weighted by atomic mass is 16.3. The van der Waals surface area contributed by atoms with Crippen LogP contribution in [0.2, 0.25) is 0 Å². The van der Waals surface area contributed by atoms with E-state index >= 15 is 0 Å². The summed E-state index contributed by atoms with van der Waals surface area (Å²) < 4.78 is 7.06. The molecule has 2 aromatic rings. The molecule has 1 aliphatic rings. The number of fused-ring (bicyclic) bond motifs is 1. The summed E-state index contributed by atoms with van der Waals surface area (Å²) in [6.07, 6.45) is 7.91. The number of carbonyl (C=O) groups is 1. The Hall–Kier alpha value is -2.08. The van der Waals surface area contributed by atoms with E-state index in [9.17, 15) is 4.79 Å². The van der Waals surface area contributed by atoms with E-state index in [1.807, 2.05) is 6.07 Å². The van der Waals surface area contributed by atoms with Crippen molar-refractivity contribution in [3.05, 3.63) is 41.6 Å². The summed E-state index contributed by atoms with van der Waals surface area (Å²) in [6, 6.07) is 1.23. The van der Waals surface area contributed by atoms with E-state index in [1.54, 1.807) is 30.4 Å². The van der Waals surface area contributed by atoms with Crippen LogP contribution in [0.5, 0.6) is 0 Å². The molecule has 3 rings (SSSR count). The number of furan rings is 1. The van der Waals surface area contributed by atoms with Crippen molar-refractivity contribution in [1.29, 1.82) is 0 Å². The van der Waals surface area contributed by atoms with E-state index in [2.05, 4.69) is 10.4 Å². The van der Waals surface area contributed by atoms with Gasteiger partial charge in [0.2, 0.25) is 5.91 Å². The quantitative estimate of drug-likeness (QED) is 0.880. The fourth-order valence-corrected chi connectivity index (χ4v) is 2.65. The second-order valence-corrected chi connectivity index (χ2v) is 5.18. The average molecular weight is 274 g/mol. The summed E-state index contributed by atoms with van der Waals surface area (Å²) in [5.74, 6) is 0.786. The molecule has 0 spiro atoms. The molecular formula is C14H18N4O2. The van der Waals surface area contributed by atoms with Crippen molar-refractivity contribution in [2.45, 2.75) is 31.3 Å². The number of nitrogens with two attached hydrogens (primary N) is 1. The number of aromatic nitrogens is 2. The molecule has 6 nitrogen and oxygen atoms in total. The van der Waals surface area contributed by atoms with Gasteiger partial charge in [0.1, 0.15) is 11.8 Å². The average Bonchev–Trinajstić information content (AvgIpc) is 3.06. The summed E-state index contributed by atoms with van der Waals surface area (Å²) in [5.41, 5.74) is 7.76. The lowest BCUT2D eigenvalue weighted by Crippen LogP contribution is -2.37. The molecule has 2 heterocycles. The van der Waals surface area contributed by atoms with Crippen LogP contribution in [-0.2, 0) is 18.3 Å². The molecule has 1 aliphatic carbocycles. The van der Waals surface area contributed by atoms with Gasteiger partial charge in [0.15, 0.2) is 0 Å². The third kappa shape index (κ3) is 2.34. The van der Waals surface area contributed by atoms with Crippen LogP contribution in [0.15, 0.2) is 29.1 Å². The third-order valence-corrected chi connectivity index (χ3v) is 3.73. The lowest BCUT2D eigenvalue weighted by atomic mass is 9.93. The summed E-state index contributed by atoms with van der Waals surface area (Å²) in [4.78, 5) is 12.2. The zero-order valence-corrected chi connectivity index (χ0v) is 11.4. The van der Waals surface area contributed by atoms with E-state index in [4.69, 9.17) is 10.2 Å². The molecule has 0 saturated heterocycles. The molecular weight excluding hydrogens is 256 g/mol. The van der Waals surface area contributed by atoms with Gasteiger partial charge in [-0.3, -0.25) is 9.48 Å². The maximum atomic E-state index is 12.2. The highest BCUT2D eigenvalue weighted by molar-refractivity contribution is 5.83. The van der Waals surface area contributed by atoms with Gasteiger partial charge in [0.25, 0.3) is 0 Å². The van der Waals surface area contributed by atoms with Gasteiger partial charge >= 0.3 is 0 Å². The molecule has 2 atom stereocenters. The van der Waals surface area contributed by atoms with Gasteiger partial charge in [-0.2, -0.15) is 5.10 Å². The molecule has 1 amide bonds. The minimum Gasteiger partial charge on any atom is -0.469 e. The van der Waals surface area contributed by atoms with Crippen LogP contribution >= 0.6 is 0 Å². The van der Waals surface area contributed by atoms with Crippen LogP contribution in [0, 0.1) is 0 Å². The lowest BCUT2D eigenvalue weighted by molar-refractivity contribution is -0.123. The second kappa shape index (κ2) is 5.13. The maximum absolute atomic E-state index is 12.2. The Morgan fingerprint density at radius 3 is 3.25 bits per heavy atom. The van der Waals surface area contributed by atoms with Gasteiger partial charge in [-0.25, -0.2) is 0 Å². The molecule has 0 radical (unpaired) electrons. The number of carbonyl (C=O) groups excluding carboxylic acids is 1. The maximum Gasteiger partial charge on any atom is 0.242 e. The van der Waals surface area contributed by atoms with Crippen molar-refractivity contribution < 1.29 is 9.21 Å². The summed E-state index contributed by atoms with van der Waals surface area (Å²) >= 11 is 0. The molecule has 106 valence electrons. The van der Waals surface area contributed by atoms with Crippen molar-refractivity contribution in [2.75, 3.05) is 0 Å². The van der Waals surface area contributed by atoms with Gasteiger partial charge in [0.05, 0.1) is 18.5 Å². The van der Waals surface area contributed by atoms with E-state index in [-0.39, 0.29) is 11.9 Å². The summed E-state index contributed by atoms with van der Waals surface area (Å²) in [6.45, 7) is 0. The van der Waals surface area contributed by atoms with Gasteiger partial charge in [-0.1, -0.05) is 0 Å². The predicted molar refractivity (Wildman–Crippen MR) is 72.7 cm³/mol. The lowest BCUT2D eigenvalue weighted by Gasteiger charge is -2.24. The van der Waals surface area contributed by atoms with Gasteiger partial charge in [0, 0.05) is 30.8 Å². The van der Waals surface area contributed by atoms with Crippen LogP contribution in [0.4, 0.5) is 0 Å². The number of hydrogen-bond acceptors (Lipinski definition) is 4. The van der Waals surface area contributed by atoms with Crippen molar-refractivity contribution >= 4 is 5.91 Å². The van der Waals surface area contributed by atoms with Gasteiger partial charge in [-0.05, 0) is 18.9 Å². The fraction of sp³-hybridized carbons (Fsp3) is 0.429. The molecule has 2 aromatic heterocycles. The second-order valence-electron chi connectivity index (χ2n) is 5.18. The van der Waals surface area contributed by atoms with Crippen LogP contribution in [-0.4, -0.2) is 15.7 Å². The van der Waals surface area contributed by atoms with Crippen molar-refractivity contribution in [3.8, 4) is 0 Å². The number of rotatable bonds is 3. The largest absolute Gasteiger partial charge is 0.469 e. The van der Waals surface area contributed by atoms with Crippen molar-refractivity contribution in [3.63, 3.8) is 0 Å². The standard InChI is InChI=1S/C14H18N4O2/c1-18-8-9(7-16-18)13(15)14(19)17-11-3-2-4-12-10(11)5-6-20-12/h5-8,11,13H,2-4,15H2,1H3,(H,17,19). The normalized spacial score (nSPS) is 19.4. The third-order valence-electron chi connectivity index (χ3n) is 3.73. The minimum atomic E-state index is -0.694. The van der Waals surface area contributed by atoms with Gasteiger partial charge in [-0.15, -0.1) is 0 Å². The number of amides is 1. The Bertz CT molecular complexity index is 616. The molecule has 0 aromatic carbocycles. The minimum absolute atomic E-state index is 0.00674. The zero-order chi connectivity index (χ0) is 14.1. The smallest absolute Gasteiger partial charge is 0.242 e. The number of nitrogens with zero attached hydrogens (tertiary/aromatic N) is 2.